The van der Waals surface area contributed by atoms with Crippen molar-refractivity contribution in [3.63, 3.8) is 0 Å². The number of amides is 1. The van der Waals surface area contributed by atoms with Gasteiger partial charge in [-0.15, -0.1) is 0 Å². The van der Waals surface area contributed by atoms with E-state index in [-0.39, 0.29) is 12.4 Å². The Kier molecular flexibility index (Phi) is 7.01. The summed E-state index contributed by atoms with van der Waals surface area (Å²) < 4.78 is 0. The van der Waals surface area contributed by atoms with Gasteiger partial charge in [0, 0.05) is 18.5 Å². The fourth-order valence-electron chi connectivity index (χ4n) is 0.861. The Balaban J connectivity index is 0.000000583. The molecule has 82 valence electrons. The summed E-state index contributed by atoms with van der Waals surface area (Å²) in [4.78, 5) is 18.9. The normalized spacial score (nSPS) is 8.40. The van der Waals surface area contributed by atoms with Crippen molar-refractivity contribution in [1.29, 1.82) is 0 Å². The minimum atomic E-state index is -0.250. The van der Waals surface area contributed by atoms with Gasteiger partial charge in [-0.1, -0.05) is 29.8 Å². The largest absolute Gasteiger partial charge is 0.483 e. The summed E-state index contributed by atoms with van der Waals surface area (Å²) in [5, 5.41) is 10.3. The minimum Gasteiger partial charge on any atom is -0.483 e. The maximum absolute atomic E-state index is 10.6. The van der Waals surface area contributed by atoms with Crippen molar-refractivity contribution in [2.24, 2.45) is 0 Å². The van der Waals surface area contributed by atoms with Crippen LogP contribution in [0, 0.1) is 0 Å². The van der Waals surface area contributed by atoms with Crippen LogP contribution in [-0.2, 0) is 16.1 Å². The van der Waals surface area contributed by atoms with Gasteiger partial charge in [0.05, 0.1) is 0 Å². The van der Waals surface area contributed by atoms with Crippen molar-refractivity contribution in [2.75, 3.05) is 0 Å². The first kappa shape index (κ1) is 13.4. The van der Waals surface area contributed by atoms with Gasteiger partial charge in [0.25, 0.3) is 6.47 Å². The van der Waals surface area contributed by atoms with Crippen LogP contribution in [0.5, 0.6) is 0 Å². The van der Waals surface area contributed by atoms with Crippen LogP contribution in [0.4, 0.5) is 0 Å². The van der Waals surface area contributed by atoms with Crippen molar-refractivity contribution in [3.8, 4) is 0 Å². The first-order valence-electron chi connectivity index (χ1n) is 4.17. The number of carboxylic acid groups (broad SMARTS) is 1. The van der Waals surface area contributed by atoms with Crippen LogP contribution in [0.1, 0.15) is 12.5 Å². The highest BCUT2D eigenvalue weighted by atomic mass is 35.5. The summed E-state index contributed by atoms with van der Waals surface area (Å²) in [6.07, 6.45) is 0. The molecule has 0 saturated heterocycles. The molecule has 0 radical (unpaired) electrons. The average Bonchev–Trinajstić information content (AvgIpc) is 2.17. The Hall–Kier alpha value is -1.55. The quantitative estimate of drug-likeness (QED) is 0.759. The second-order valence-corrected chi connectivity index (χ2v) is 3.01. The molecule has 2 N–H and O–H groups in total. The maximum Gasteiger partial charge on any atom is 0.290 e. The molecule has 0 bridgehead atoms. The summed E-state index contributed by atoms with van der Waals surface area (Å²) >= 11 is 5.86. The number of benzene rings is 1. The SMILES string of the molecule is CC(=O)NCc1ccccc1Cl.O=CO. The number of rotatable bonds is 2. The van der Waals surface area contributed by atoms with E-state index in [9.17, 15) is 4.79 Å². The van der Waals surface area contributed by atoms with Crippen molar-refractivity contribution >= 4 is 24.0 Å². The number of hydrogen-bond acceptors (Lipinski definition) is 2. The summed E-state index contributed by atoms with van der Waals surface area (Å²) in [6, 6.07) is 7.44. The van der Waals surface area contributed by atoms with Crippen molar-refractivity contribution in [2.45, 2.75) is 13.5 Å². The minimum absolute atomic E-state index is 0.0464. The van der Waals surface area contributed by atoms with Gasteiger partial charge in [-0.2, -0.15) is 0 Å². The Morgan fingerprint density at radius 2 is 2.07 bits per heavy atom. The molecule has 0 saturated carbocycles. The molecule has 1 amide bonds. The summed E-state index contributed by atoms with van der Waals surface area (Å²) in [7, 11) is 0. The number of carbonyl (C=O) groups is 2. The third kappa shape index (κ3) is 6.51. The predicted octanol–water partition coefficient (Wildman–Crippen LogP) is 1.68. The maximum atomic E-state index is 10.6. The molecule has 0 unspecified atom stereocenters. The van der Waals surface area contributed by atoms with Crippen LogP contribution in [0.2, 0.25) is 5.02 Å². The van der Waals surface area contributed by atoms with E-state index in [0.29, 0.717) is 11.6 Å². The lowest BCUT2D eigenvalue weighted by atomic mass is 10.2. The van der Waals surface area contributed by atoms with Gasteiger partial charge in [0.1, 0.15) is 0 Å². The summed E-state index contributed by atoms with van der Waals surface area (Å²) in [5.41, 5.74) is 0.939. The lowest BCUT2D eigenvalue weighted by molar-refractivity contribution is -0.123. The van der Waals surface area contributed by atoms with Crippen LogP contribution in [-0.4, -0.2) is 17.5 Å². The highest BCUT2D eigenvalue weighted by Gasteiger charge is 1.98. The molecule has 5 heteroatoms. The molecule has 0 heterocycles. The van der Waals surface area contributed by atoms with Crippen LogP contribution in [0.15, 0.2) is 24.3 Å². The molecule has 0 fully saturated rings. The zero-order valence-electron chi connectivity index (χ0n) is 8.24. The van der Waals surface area contributed by atoms with E-state index in [2.05, 4.69) is 5.32 Å². The molecular formula is C10H12ClNO3. The standard InChI is InChI=1S/C9H10ClNO.CH2O2/c1-7(12)11-6-8-4-2-3-5-9(8)10;2-1-3/h2-5H,6H2,1H3,(H,11,12);1H,(H,2,3). The number of nitrogens with one attached hydrogen (secondary N) is 1. The third-order valence-electron chi connectivity index (χ3n) is 1.49. The van der Waals surface area contributed by atoms with Gasteiger partial charge >= 0.3 is 0 Å². The van der Waals surface area contributed by atoms with Crippen LogP contribution < -0.4 is 5.32 Å². The monoisotopic (exact) mass is 229 g/mol. The molecule has 0 aliphatic heterocycles. The Morgan fingerprint density at radius 3 is 2.53 bits per heavy atom. The van der Waals surface area contributed by atoms with E-state index in [4.69, 9.17) is 21.5 Å². The molecule has 0 aromatic heterocycles. The molecule has 4 nitrogen and oxygen atoms in total. The first-order valence-corrected chi connectivity index (χ1v) is 4.55. The van der Waals surface area contributed by atoms with Crippen LogP contribution >= 0.6 is 11.6 Å². The highest BCUT2D eigenvalue weighted by Crippen LogP contribution is 2.13. The second-order valence-electron chi connectivity index (χ2n) is 2.61. The van der Waals surface area contributed by atoms with Crippen molar-refractivity contribution < 1.29 is 14.7 Å². The van der Waals surface area contributed by atoms with Crippen molar-refractivity contribution in [3.05, 3.63) is 34.9 Å². The highest BCUT2D eigenvalue weighted by molar-refractivity contribution is 6.31. The van der Waals surface area contributed by atoms with Crippen LogP contribution in [0.3, 0.4) is 0 Å². The molecule has 1 rings (SSSR count). The van der Waals surface area contributed by atoms with Crippen molar-refractivity contribution in [1.82, 2.24) is 5.32 Å². The van der Waals surface area contributed by atoms with E-state index in [1.165, 1.54) is 6.92 Å². The fourth-order valence-corrected chi connectivity index (χ4v) is 1.06. The Labute approximate surface area is 92.9 Å². The van der Waals surface area contributed by atoms with Gasteiger partial charge in [-0.05, 0) is 11.6 Å². The van der Waals surface area contributed by atoms with E-state index >= 15 is 0 Å². The molecule has 1 aromatic carbocycles. The lowest BCUT2D eigenvalue weighted by Crippen LogP contribution is -2.18. The van der Waals surface area contributed by atoms with Gasteiger partial charge in [-0.25, -0.2) is 0 Å². The molecular weight excluding hydrogens is 218 g/mol. The predicted molar refractivity (Wildman–Crippen MR) is 57.7 cm³/mol. The summed E-state index contributed by atoms with van der Waals surface area (Å²) in [6.45, 7) is 1.73. The molecule has 15 heavy (non-hydrogen) atoms. The molecule has 0 aliphatic rings. The Bertz CT molecular complexity index is 328. The average molecular weight is 230 g/mol. The topological polar surface area (TPSA) is 66.4 Å². The summed E-state index contributed by atoms with van der Waals surface area (Å²) in [5.74, 6) is -0.0464. The van der Waals surface area contributed by atoms with Gasteiger partial charge in [0.15, 0.2) is 0 Å². The zero-order valence-corrected chi connectivity index (χ0v) is 8.99. The zero-order chi connectivity index (χ0) is 11.7. The van der Waals surface area contributed by atoms with E-state index in [1.807, 2.05) is 18.2 Å². The number of hydrogen-bond donors (Lipinski definition) is 2. The molecule has 0 aliphatic carbocycles. The Morgan fingerprint density at radius 1 is 1.53 bits per heavy atom. The second kappa shape index (κ2) is 7.82. The molecule has 0 atom stereocenters. The fraction of sp³-hybridized carbons (Fsp3) is 0.200. The van der Waals surface area contributed by atoms with E-state index in [1.54, 1.807) is 6.07 Å². The number of halogens is 1. The van der Waals surface area contributed by atoms with Crippen LogP contribution in [0.25, 0.3) is 0 Å². The third-order valence-corrected chi connectivity index (χ3v) is 1.85. The van der Waals surface area contributed by atoms with Gasteiger partial charge in [-0.3, -0.25) is 9.59 Å². The van der Waals surface area contributed by atoms with E-state index in [0.717, 1.165) is 5.56 Å². The molecule has 1 aromatic rings. The van der Waals surface area contributed by atoms with E-state index < -0.39 is 0 Å². The first-order chi connectivity index (χ1) is 7.11. The number of carbonyl (C=O) groups excluding carboxylic acids is 1. The van der Waals surface area contributed by atoms with Gasteiger partial charge in [0.2, 0.25) is 5.91 Å². The smallest absolute Gasteiger partial charge is 0.290 e. The molecule has 0 spiro atoms. The van der Waals surface area contributed by atoms with Gasteiger partial charge < -0.3 is 10.4 Å². The lowest BCUT2D eigenvalue weighted by Gasteiger charge is -2.03.